The fraction of sp³-hybridized carbons (Fsp3) is 0.133. The van der Waals surface area contributed by atoms with E-state index in [1.54, 1.807) is 30.3 Å². The molecule has 0 saturated carbocycles. The molecular formula is C15H11F3O2. The maximum atomic E-state index is 12.7. The Bertz CT molecular complexity index is 633. The highest BCUT2D eigenvalue weighted by molar-refractivity contribution is 5.72. The van der Waals surface area contributed by atoms with E-state index in [1.165, 1.54) is 6.07 Å². The van der Waals surface area contributed by atoms with Crippen LogP contribution in [0.4, 0.5) is 13.2 Å². The van der Waals surface area contributed by atoms with Gasteiger partial charge in [-0.05, 0) is 28.8 Å². The number of hydrogen-bond donors (Lipinski definition) is 1. The molecule has 0 spiro atoms. The molecule has 0 heterocycles. The van der Waals surface area contributed by atoms with Crippen LogP contribution < -0.4 is 0 Å². The highest BCUT2D eigenvalue weighted by Crippen LogP contribution is 2.32. The summed E-state index contributed by atoms with van der Waals surface area (Å²) in [5, 5.41) is 8.73. The summed E-state index contributed by atoms with van der Waals surface area (Å²) >= 11 is 0. The average molecular weight is 280 g/mol. The van der Waals surface area contributed by atoms with E-state index in [9.17, 15) is 18.0 Å². The summed E-state index contributed by atoms with van der Waals surface area (Å²) in [7, 11) is 0. The minimum atomic E-state index is -4.39. The third-order valence-corrected chi connectivity index (χ3v) is 2.81. The van der Waals surface area contributed by atoms with E-state index >= 15 is 0 Å². The predicted molar refractivity (Wildman–Crippen MR) is 68.2 cm³/mol. The van der Waals surface area contributed by atoms with Gasteiger partial charge >= 0.3 is 12.1 Å². The number of carboxylic acids is 1. The van der Waals surface area contributed by atoms with E-state index in [1.807, 2.05) is 0 Å². The van der Waals surface area contributed by atoms with E-state index in [-0.39, 0.29) is 6.42 Å². The molecule has 20 heavy (non-hydrogen) atoms. The largest absolute Gasteiger partial charge is 0.481 e. The van der Waals surface area contributed by atoms with Gasteiger partial charge in [0.1, 0.15) is 0 Å². The molecule has 0 aliphatic heterocycles. The lowest BCUT2D eigenvalue weighted by Gasteiger charge is -2.09. The lowest BCUT2D eigenvalue weighted by Crippen LogP contribution is -2.04. The second-order valence-electron chi connectivity index (χ2n) is 4.35. The molecule has 0 saturated heterocycles. The standard InChI is InChI=1S/C15H11F3O2/c16-15(17,18)13-6-2-5-12(9-13)11-4-1-3-10(7-11)8-14(19)20/h1-7,9H,8H2,(H,19,20). The van der Waals surface area contributed by atoms with Gasteiger partial charge in [0.2, 0.25) is 0 Å². The Morgan fingerprint density at radius 2 is 1.60 bits per heavy atom. The third kappa shape index (κ3) is 3.38. The van der Waals surface area contributed by atoms with Crippen LogP contribution in [0.15, 0.2) is 48.5 Å². The number of rotatable bonds is 3. The van der Waals surface area contributed by atoms with Crippen LogP contribution in [-0.2, 0) is 17.4 Å². The molecule has 0 aliphatic carbocycles. The maximum Gasteiger partial charge on any atom is 0.416 e. The third-order valence-electron chi connectivity index (χ3n) is 2.81. The number of benzene rings is 2. The van der Waals surface area contributed by atoms with E-state index < -0.39 is 17.7 Å². The highest BCUT2D eigenvalue weighted by Gasteiger charge is 2.30. The summed E-state index contributed by atoms with van der Waals surface area (Å²) < 4.78 is 38.0. The van der Waals surface area contributed by atoms with Crippen LogP contribution in [0.3, 0.4) is 0 Å². The van der Waals surface area contributed by atoms with Crippen molar-refractivity contribution in [3.05, 3.63) is 59.7 Å². The molecule has 104 valence electrons. The van der Waals surface area contributed by atoms with Gasteiger partial charge in [0.15, 0.2) is 0 Å². The van der Waals surface area contributed by atoms with Crippen LogP contribution in [0.25, 0.3) is 11.1 Å². The Morgan fingerprint density at radius 1 is 1.00 bits per heavy atom. The van der Waals surface area contributed by atoms with E-state index in [0.717, 1.165) is 12.1 Å². The molecule has 0 fully saturated rings. The minimum Gasteiger partial charge on any atom is -0.481 e. The fourth-order valence-electron chi connectivity index (χ4n) is 1.91. The van der Waals surface area contributed by atoms with E-state index in [0.29, 0.717) is 16.7 Å². The highest BCUT2D eigenvalue weighted by atomic mass is 19.4. The van der Waals surface area contributed by atoms with Crippen LogP contribution in [-0.4, -0.2) is 11.1 Å². The SMILES string of the molecule is O=C(O)Cc1cccc(-c2cccc(C(F)(F)F)c2)c1. The van der Waals surface area contributed by atoms with Gasteiger partial charge in [-0.15, -0.1) is 0 Å². The van der Waals surface area contributed by atoms with Gasteiger partial charge in [0.05, 0.1) is 12.0 Å². The lowest BCUT2D eigenvalue weighted by molar-refractivity contribution is -0.138. The molecule has 2 rings (SSSR count). The quantitative estimate of drug-likeness (QED) is 0.922. The number of aliphatic carboxylic acids is 1. The topological polar surface area (TPSA) is 37.3 Å². The van der Waals surface area contributed by atoms with Crippen molar-refractivity contribution < 1.29 is 23.1 Å². The second kappa shape index (κ2) is 5.36. The summed E-state index contributed by atoms with van der Waals surface area (Å²) in [5.74, 6) is -0.980. The van der Waals surface area contributed by atoms with Gasteiger partial charge in [-0.2, -0.15) is 13.2 Å². The molecule has 0 unspecified atom stereocenters. The van der Waals surface area contributed by atoms with Crippen LogP contribution in [0.1, 0.15) is 11.1 Å². The molecule has 0 aliphatic rings. The van der Waals surface area contributed by atoms with Crippen molar-refractivity contribution in [3.63, 3.8) is 0 Å². The molecule has 2 nitrogen and oxygen atoms in total. The summed E-state index contributed by atoms with van der Waals surface area (Å²) in [4.78, 5) is 10.7. The molecule has 0 radical (unpaired) electrons. The first kappa shape index (κ1) is 14.1. The summed E-state index contributed by atoms with van der Waals surface area (Å²) in [6.07, 6.45) is -4.55. The zero-order chi connectivity index (χ0) is 14.8. The first-order valence-corrected chi connectivity index (χ1v) is 5.84. The van der Waals surface area contributed by atoms with Crippen LogP contribution in [0.2, 0.25) is 0 Å². The summed E-state index contributed by atoms with van der Waals surface area (Å²) in [6.45, 7) is 0. The number of carboxylic acid groups (broad SMARTS) is 1. The Morgan fingerprint density at radius 3 is 2.20 bits per heavy atom. The molecule has 5 heteroatoms. The summed E-state index contributed by atoms with van der Waals surface area (Å²) in [6, 6.07) is 11.5. The second-order valence-corrected chi connectivity index (χ2v) is 4.35. The Kier molecular flexibility index (Phi) is 3.79. The lowest BCUT2D eigenvalue weighted by atomic mass is 10.00. The van der Waals surface area contributed by atoms with Crippen molar-refractivity contribution in [1.82, 2.24) is 0 Å². The van der Waals surface area contributed by atoms with Gasteiger partial charge in [-0.25, -0.2) is 0 Å². The number of halogens is 3. The Balaban J connectivity index is 2.39. The summed E-state index contributed by atoms with van der Waals surface area (Å²) in [5.41, 5.74) is 0.799. The van der Waals surface area contributed by atoms with E-state index in [2.05, 4.69) is 0 Å². The molecule has 0 aromatic heterocycles. The normalized spacial score (nSPS) is 11.3. The van der Waals surface area contributed by atoms with Gasteiger partial charge < -0.3 is 5.11 Å². The fourth-order valence-corrected chi connectivity index (χ4v) is 1.91. The Labute approximate surface area is 113 Å². The predicted octanol–water partition coefficient (Wildman–Crippen LogP) is 4.00. The smallest absolute Gasteiger partial charge is 0.416 e. The maximum absolute atomic E-state index is 12.7. The van der Waals surface area contributed by atoms with Crippen LogP contribution in [0, 0.1) is 0 Å². The number of hydrogen-bond acceptors (Lipinski definition) is 1. The molecule has 0 bridgehead atoms. The Hall–Kier alpha value is -2.30. The number of alkyl halides is 3. The first-order chi connectivity index (χ1) is 9.36. The molecule has 2 aromatic rings. The van der Waals surface area contributed by atoms with Gasteiger partial charge in [0.25, 0.3) is 0 Å². The van der Waals surface area contributed by atoms with Crippen LogP contribution in [0.5, 0.6) is 0 Å². The monoisotopic (exact) mass is 280 g/mol. The van der Waals surface area contributed by atoms with Gasteiger partial charge in [0, 0.05) is 0 Å². The van der Waals surface area contributed by atoms with Crippen molar-refractivity contribution >= 4 is 5.97 Å². The molecule has 0 amide bonds. The van der Waals surface area contributed by atoms with Crippen molar-refractivity contribution in [2.75, 3.05) is 0 Å². The molecule has 0 atom stereocenters. The molecular weight excluding hydrogens is 269 g/mol. The average Bonchev–Trinajstić information content (AvgIpc) is 2.37. The number of carbonyl (C=O) groups is 1. The van der Waals surface area contributed by atoms with Crippen molar-refractivity contribution in [3.8, 4) is 11.1 Å². The van der Waals surface area contributed by atoms with Gasteiger partial charge in [-0.3, -0.25) is 4.79 Å². The first-order valence-electron chi connectivity index (χ1n) is 5.84. The molecule has 2 aromatic carbocycles. The van der Waals surface area contributed by atoms with Crippen molar-refractivity contribution in [2.24, 2.45) is 0 Å². The zero-order valence-corrected chi connectivity index (χ0v) is 10.3. The van der Waals surface area contributed by atoms with E-state index in [4.69, 9.17) is 5.11 Å². The van der Waals surface area contributed by atoms with Gasteiger partial charge in [-0.1, -0.05) is 36.4 Å². The molecule has 1 N–H and O–H groups in total. The zero-order valence-electron chi connectivity index (χ0n) is 10.3. The van der Waals surface area contributed by atoms with Crippen LogP contribution >= 0.6 is 0 Å². The van der Waals surface area contributed by atoms with Crippen molar-refractivity contribution in [2.45, 2.75) is 12.6 Å². The van der Waals surface area contributed by atoms with Crippen molar-refractivity contribution in [1.29, 1.82) is 0 Å². The minimum absolute atomic E-state index is 0.160.